The maximum Gasteiger partial charge on any atom is 0.224 e. The monoisotopic (exact) mass is 658 g/mol. The van der Waals surface area contributed by atoms with Crippen molar-refractivity contribution in [2.24, 2.45) is 0 Å². The lowest BCUT2D eigenvalue weighted by Gasteiger charge is -2.41. The molecule has 3 atom stereocenters. The lowest BCUT2D eigenvalue weighted by molar-refractivity contribution is -0.255. The standard InChI is InChI=1S/C37H46N4O7/c38-31-4-1-2-5-32(31)40-35(44)7-3-6-34(43)39-23-26-8-14-29(15-9-26)36-47-30(22-33(48-36)28-12-10-27(25-42)11-13-28)24-41-18-16-37(17-19-41)45-20-21-46-37/h1-2,4-5,8-15,30,33,36,42H,3,6-7,16-25,38H2,(H,39,43)(H,40,44). The molecule has 3 heterocycles. The average molecular weight is 659 g/mol. The molecule has 3 aromatic rings. The average Bonchev–Trinajstić information content (AvgIpc) is 3.57. The number of hydrogen-bond acceptors (Lipinski definition) is 9. The van der Waals surface area contributed by atoms with Crippen molar-refractivity contribution in [3.05, 3.63) is 95.1 Å². The van der Waals surface area contributed by atoms with Crippen LogP contribution in [0.3, 0.4) is 0 Å². The Morgan fingerprint density at radius 2 is 1.52 bits per heavy atom. The molecular weight excluding hydrogens is 612 g/mol. The molecular formula is C37H46N4O7. The van der Waals surface area contributed by atoms with E-state index in [1.807, 2.05) is 48.5 Å². The summed E-state index contributed by atoms with van der Waals surface area (Å²) in [5.41, 5.74) is 10.7. The van der Waals surface area contributed by atoms with Gasteiger partial charge < -0.3 is 45.3 Å². The molecule has 3 fully saturated rings. The highest BCUT2D eigenvalue weighted by molar-refractivity contribution is 5.93. The third kappa shape index (κ3) is 8.98. The number of amides is 2. The highest BCUT2D eigenvalue weighted by Gasteiger charge is 2.41. The minimum atomic E-state index is -0.551. The van der Waals surface area contributed by atoms with E-state index >= 15 is 0 Å². The van der Waals surface area contributed by atoms with Crippen molar-refractivity contribution in [2.75, 3.05) is 43.9 Å². The summed E-state index contributed by atoms with van der Waals surface area (Å²) >= 11 is 0. The van der Waals surface area contributed by atoms with Crippen molar-refractivity contribution >= 4 is 23.2 Å². The molecule has 6 rings (SSSR count). The van der Waals surface area contributed by atoms with E-state index in [1.54, 1.807) is 24.3 Å². The van der Waals surface area contributed by atoms with Crippen LogP contribution in [0.2, 0.25) is 0 Å². The maximum atomic E-state index is 12.5. The van der Waals surface area contributed by atoms with Crippen LogP contribution in [0.1, 0.15) is 73.2 Å². The van der Waals surface area contributed by atoms with Gasteiger partial charge in [-0.1, -0.05) is 60.7 Å². The Bertz CT molecular complexity index is 1500. The summed E-state index contributed by atoms with van der Waals surface area (Å²) in [6.07, 6.45) is 2.57. The lowest BCUT2D eigenvalue weighted by atomic mass is 9.98. The van der Waals surface area contributed by atoms with E-state index in [2.05, 4.69) is 15.5 Å². The van der Waals surface area contributed by atoms with Gasteiger partial charge >= 0.3 is 0 Å². The van der Waals surface area contributed by atoms with Crippen LogP contribution >= 0.6 is 0 Å². The smallest absolute Gasteiger partial charge is 0.224 e. The number of carbonyl (C=O) groups is 2. The van der Waals surface area contributed by atoms with Gasteiger partial charge in [0.1, 0.15) is 0 Å². The number of anilines is 2. The van der Waals surface area contributed by atoms with E-state index < -0.39 is 12.1 Å². The Labute approximate surface area is 281 Å². The van der Waals surface area contributed by atoms with Gasteiger partial charge in [-0.15, -0.1) is 0 Å². The fraction of sp³-hybridized carbons (Fsp3) is 0.459. The Balaban J connectivity index is 1.01. The van der Waals surface area contributed by atoms with Crippen molar-refractivity contribution in [1.82, 2.24) is 10.2 Å². The zero-order chi connectivity index (χ0) is 33.3. The third-order valence-corrected chi connectivity index (χ3v) is 9.29. The molecule has 0 aromatic heterocycles. The zero-order valence-electron chi connectivity index (χ0n) is 27.3. The molecule has 1 spiro atoms. The van der Waals surface area contributed by atoms with Crippen molar-refractivity contribution in [1.29, 1.82) is 0 Å². The van der Waals surface area contributed by atoms with Crippen LogP contribution in [0.5, 0.6) is 0 Å². The quantitative estimate of drug-likeness (QED) is 0.206. The Kier molecular flexibility index (Phi) is 11.4. The number of piperidine rings is 1. The molecule has 48 heavy (non-hydrogen) atoms. The van der Waals surface area contributed by atoms with Crippen LogP contribution < -0.4 is 16.4 Å². The molecule has 11 nitrogen and oxygen atoms in total. The second-order valence-corrected chi connectivity index (χ2v) is 12.8. The number of aliphatic hydroxyl groups is 1. The maximum absolute atomic E-state index is 12.5. The number of nitrogens with one attached hydrogen (secondary N) is 2. The highest BCUT2D eigenvalue weighted by Crippen LogP contribution is 2.39. The van der Waals surface area contributed by atoms with E-state index in [-0.39, 0.29) is 43.5 Å². The lowest BCUT2D eigenvalue weighted by Crippen LogP contribution is -2.48. The second-order valence-electron chi connectivity index (χ2n) is 12.8. The number of carbonyl (C=O) groups excluding carboxylic acids is 2. The van der Waals surface area contributed by atoms with Crippen LogP contribution in [0, 0.1) is 0 Å². The number of nitrogen functional groups attached to an aromatic ring is 1. The number of aliphatic hydroxyl groups excluding tert-OH is 1. The third-order valence-electron chi connectivity index (χ3n) is 9.29. The van der Waals surface area contributed by atoms with Gasteiger partial charge in [0.25, 0.3) is 0 Å². The number of nitrogens with two attached hydrogens (primary N) is 1. The molecule has 3 unspecified atom stereocenters. The van der Waals surface area contributed by atoms with Gasteiger partial charge in [-0.3, -0.25) is 9.59 Å². The predicted molar refractivity (Wildman–Crippen MR) is 180 cm³/mol. The van der Waals surface area contributed by atoms with Crippen LogP contribution in [0.15, 0.2) is 72.8 Å². The van der Waals surface area contributed by atoms with Gasteiger partial charge in [-0.05, 0) is 35.2 Å². The fourth-order valence-corrected chi connectivity index (χ4v) is 6.50. The number of likely N-dealkylation sites (tertiary alicyclic amines) is 1. The van der Waals surface area contributed by atoms with Crippen molar-refractivity contribution in [2.45, 2.75) is 76.0 Å². The first-order valence-corrected chi connectivity index (χ1v) is 16.9. The van der Waals surface area contributed by atoms with Crippen LogP contribution in [0.4, 0.5) is 11.4 Å². The van der Waals surface area contributed by atoms with E-state index in [4.69, 9.17) is 24.7 Å². The molecule has 3 aliphatic heterocycles. The molecule has 3 saturated heterocycles. The summed E-state index contributed by atoms with van der Waals surface area (Å²) in [5, 5.41) is 15.2. The number of rotatable bonds is 12. The Morgan fingerprint density at radius 3 is 2.23 bits per heavy atom. The topological polar surface area (TPSA) is 145 Å². The summed E-state index contributed by atoms with van der Waals surface area (Å²) in [4.78, 5) is 27.1. The second kappa shape index (κ2) is 16.0. The predicted octanol–water partition coefficient (Wildman–Crippen LogP) is 4.57. The van der Waals surface area contributed by atoms with Gasteiger partial charge in [0.2, 0.25) is 11.8 Å². The molecule has 3 aromatic carbocycles. The Hall–Kier alpha value is -3.84. The molecule has 11 heteroatoms. The van der Waals surface area contributed by atoms with Crippen LogP contribution in [0.25, 0.3) is 0 Å². The minimum Gasteiger partial charge on any atom is -0.397 e. The molecule has 0 aliphatic carbocycles. The summed E-state index contributed by atoms with van der Waals surface area (Å²) in [5.74, 6) is -0.701. The van der Waals surface area contributed by atoms with E-state index in [0.29, 0.717) is 37.6 Å². The number of ether oxygens (including phenoxy) is 4. The molecule has 0 bridgehead atoms. The van der Waals surface area contributed by atoms with Crippen molar-refractivity contribution < 1.29 is 33.6 Å². The van der Waals surface area contributed by atoms with Crippen molar-refractivity contribution in [3.8, 4) is 0 Å². The number of nitrogens with zero attached hydrogens (tertiary/aromatic N) is 1. The largest absolute Gasteiger partial charge is 0.397 e. The SMILES string of the molecule is Nc1ccccc1NC(=O)CCCC(=O)NCc1ccc(C2OC(CN3CCC4(CC3)OCCO4)CC(c3ccc(CO)cc3)O2)cc1. The molecule has 0 saturated carbocycles. The zero-order valence-corrected chi connectivity index (χ0v) is 27.3. The minimum absolute atomic E-state index is 0.00130. The first kappa shape index (κ1) is 34.0. The highest BCUT2D eigenvalue weighted by atomic mass is 16.7. The summed E-state index contributed by atoms with van der Waals surface area (Å²) in [6, 6.07) is 22.9. The normalized spacial score (nSPS) is 22.4. The molecule has 3 aliphatic rings. The van der Waals surface area contributed by atoms with E-state index in [0.717, 1.165) is 61.2 Å². The van der Waals surface area contributed by atoms with Gasteiger partial charge in [-0.2, -0.15) is 0 Å². The number of benzene rings is 3. The van der Waals surface area contributed by atoms with Crippen LogP contribution in [-0.4, -0.2) is 66.6 Å². The molecule has 256 valence electrons. The van der Waals surface area contributed by atoms with Gasteiger partial charge in [-0.25, -0.2) is 0 Å². The number of hydrogen-bond donors (Lipinski definition) is 4. The van der Waals surface area contributed by atoms with Crippen molar-refractivity contribution in [3.63, 3.8) is 0 Å². The molecule has 0 radical (unpaired) electrons. The van der Waals surface area contributed by atoms with Crippen LogP contribution in [-0.2, 0) is 41.7 Å². The number of para-hydroxylation sites is 2. The van der Waals surface area contributed by atoms with Gasteiger partial charge in [0.15, 0.2) is 12.1 Å². The Morgan fingerprint density at radius 1 is 0.854 bits per heavy atom. The summed E-state index contributed by atoms with van der Waals surface area (Å²) < 4.78 is 24.9. The van der Waals surface area contributed by atoms with E-state index in [1.165, 1.54) is 0 Å². The molecule has 5 N–H and O–H groups in total. The van der Waals surface area contributed by atoms with Gasteiger partial charge in [0.05, 0.1) is 43.4 Å². The summed E-state index contributed by atoms with van der Waals surface area (Å²) in [6.45, 7) is 4.27. The fourth-order valence-electron chi connectivity index (χ4n) is 6.50. The van der Waals surface area contributed by atoms with Gasteiger partial charge in [0, 0.05) is 63.8 Å². The summed E-state index contributed by atoms with van der Waals surface area (Å²) in [7, 11) is 0. The first-order chi connectivity index (χ1) is 23.4. The molecule has 2 amide bonds. The first-order valence-electron chi connectivity index (χ1n) is 16.9. The van der Waals surface area contributed by atoms with E-state index in [9.17, 15) is 14.7 Å².